The Morgan fingerprint density at radius 3 is 2.69 bits per heavy atom. The predicted molar refractivity (Wildman–Crippen MR) is 134 cm³/mol. The van der Waals surface area contributed by atoms with Crippen LogP contribution in [-0.2, 0) is 9.53 Å². The Balaban J connectivity index is 1.30. The Kier molecular flexibility index (Phi) is 6.19. The van der Waals surface area contributed by atoms with Crippen LogP contribution in [0.25, 0.3) is 22.4 Å². The van der Waals surface area contributed by atoms with Gasteiger partial charge in [-0.05, 0) is 38.1 Å². The van der Waals surface area contributed by atoms with E-state index >= 15 is 0 Å². The molecule has 1 N–H and O–H groups in total. The summed E-state index contributed by atoms with van der Waals surface area (Å²) in [6, 6.07) is 16.8. The minimum Gasteiger partial charge on any atom is -0.462 e. The van der Waals surface area contributed by atoms with Crippen LogP contribution in [0, 0.1) is 6.92 Å². The van der Waals surface area contributed by atoms with Crippen LogP contribution in [0.5, 0.6) is 0 Å². The lowest BCUT2D eigenvalue weighted by Gasteiger charge is -2.07. The van der Waals surface area contributed by atoms with E-state index in [0.29, 0.717) is 22.1 Å². The van der Waals surface area contributed by atoms with E-state index in [2.05, 4.69) is 32.7 Å². The van der Waals surface area contributed by atoms with Crippen molar-refractivity contribution in [1.82, 2.24) is 24.2 Å². The summed E-state index contributed by atoms with van der Waals surface area (Å²) in [5.74, 6) is -0.520. The third kappa shape index (κ3) is 4.73. The number of aromatic nitrogens is 5. The minimum atomic E-state index is -0.426. The lowest BCUT2D eigenvalue weighted by molar-refractivity contribution is -0.113. The summed E-state index contributed by atoms with van der Waals surface area (Å²) < 4.78 is 8.62. The molecule has 0 saturated carbocycles. The number of ether oxygens (including phenoxy) is 1. The number of rotatable bonds is 7. The van der Waals surface area contributed by atoms with Crippen LogP contribution in [0.1, 0.15) is 22.8 Å². The van der Waals surface area contributed by atoms with E-state index < -0.39 is 5.97 Å². The molecule has 1 amide bonds. The molecule has 3 heterocycles. The van der Waals surface area contributed by atoms with Crippen molar-refractivity contribution in [2.75, 3.05) is 17.7 Å². The van der Waals surface area contributed by atoms with Crippen LogP contribution in [0.15, 0.2) is 72.1 Å². The predicted octanol–water partition coefficient (Wildman–Crippen LogP) is 4.26. The number of hydrogen-bond donors (Lipinski definition) is 1. The highest BCUT2D eigenvalue weighted by Gasteiger charge is 2.15. The molecule has 0 aliphatic carbocycles. The highest BCUT2D eigenvalue weighted by atomic mass is 32.2. The second kappa shape index (κ2) is 9.59. The number of fused-ring (bicyclic) bond motifs is 3. The molecule has 10 heteroatoms. The van der Waals surface area contributed by atoms with E-state index in [1.165, 1.54) is 17.3 Å². The topological polar surface area (TPSA) is 103 Å². The standard InChI is InChI=1S/C25H22N6O3S/c1-3-34-24(33)18-5-4-6-19(13-18)26-22(32)15-35-25-28-27-23-21-14-20(17-9-7-16(2)8-10-17)29-31(21)12-11-30(23)25/h4-14H,3,15H2,1-2H3,(H,26,32). The SMILES string of the molecule is CCOC(=O)c1cccc(NC(=O)CSc2nnc3c4cc(-c5ccc(C)cc5)nn4ccn23)c1. The molecule has 9 nitrogen and oxygen atoms in total. The molecule has 35 heavy (non-hydrogen) atoms. The normalized spacial score (nSPS) is 11.1. The Bertz CT molecular complexity index is 1540. The van der Waals surface area contributed by atoms with Crippen molar-refractivity contribution in [2.45, 2.75) is 19.0 Å². The molecule has 3 aromatic heterocycles. The summed E-state index contributed by atoms with van der Waals surface area (Å²) in [6.45, 7) is 4.08. The fraction of sp³-hybridized carbons (Fsp3) is 0.160. The van der Waals surface area contributed by atoms with Crippen molar-refractivity contribution in [3.63, 3.8) is 0 Å². The van der Waals surface area contributed by atoms with Crippen molar-refractivity contribution in [3.05, 3.63) is 78.1 Å². The maximum absolute atomic E-state index is 12.5. The molecule has 0 bridgehead atoms. The number of carbonyl (C=O) groups excluding carboxylic acids is 2. The lowest BCUT2D eigenvalue weighted by atomic mass is 10.1. The van der Waals surface area contributed by atoms with E-state index in [1.54, 1.807) is 35.7 Å². The summed E-state index contributed by atoms with van der Waals surface area (Å²) in [7, 11) is 0. The molecule has 0 unspecified atom stereocenters. The largest absolute Gasteiger partial charge is 0.462 e. The van der Waals surface area contributed by atoms with Crippen molar-refractivity contribution in [3.8, 4) is 11.3 Å². The number of anilines is 1. The second-order valence-electron chi connectivity index (χ2n) is 7.84. The van der Waals surface area contributed by atoms with Gasteiger partial charge in [0.15, 0.2) is 10.8 Å². The second-order valence-corrected chi connectivity index (χ2v) is 8.78. The van der Waals surface area contributed by atoms with E-state index in [9.17, 15) is 9.59 Å². The monoisotopic (exact) mass is 486 g/mol. The van der Waals surface area contributed by atoms with E-state index in [0.717, 1.165) is 16.8 Å². The van der Waals surface area contributed by atoms with Gasteiger partial charge in [-0.2, -0.15) is 5.10 Å². The Morgan fingerprint density at radius 1 is 1.06 bits per heavy atom. The molecule has 0 radical (unpaired) electrons. The number of hydrogen-bond acceptors (Lipinski definition) is 7. The number of benzene rings is 2. The first kappa shape index (κ1) is 22.6. The van der Waals surface area contributed by atoms with Crippen molar-refractivity contribution >= 4 is 40.5 Å². The van der Waals surface area contributed by atoms with Crippen molar-refractivity contribution < 1.29 is 14.3 Å². The molecule has 0 spiro atoms. The quantitative estimate of drug-likeness (QED) is 0.271. The summed E-state index contributed by atoms with van der Waals surface area (Å²) in [5, 5.41) is 16.7. The first-order valence-corrected chi connectivity index (χ1v) is 12.0. The molecule has 176 valence electrons. The number of esters is 1. The van der Waals surface area contributed by atoms with Gasteiger partial charge < -0.3 is 10.1 Å². The van der Waals surface area contributed by atoms with Crippen LogP contribution >= 0.6 is 11.8 Å². The Morgan fingerprint density at radius 2 is 1.89 bits per heavy atom. The number of nitrogens with one attached hydrogen (secondary N) is 1. The molecule has 2 aromatic carbocycles. The summed E-state index contributed by atoms with van der Waals surface area (Å²) in [4.78, 5) is 24.4. The zero-order valence-electron chi connectivity index (χ0n) is 19.1. The summed E-state index contributed by atoms with van der Waals surface area (Å²) in [6.07, 6.45) is 3.67. The van der Waals surface area contributed by atoms with Crippen LogP contribution in [0.2, 0.25) is 0 Å². The van der Waals surface area contributed by atoms with Gasteiger partial charge in [-0.25, -0.2) is 9.31 Å². The zero-order chi connectivity index (χ0) is 24.4. The molecule has 0 aliphatic rings. The van der Waals surface area contributed by atoms with Gasteiger partial charge in [0.2, 0.25) is 5.91 Å². The zero-order valence-corrected chi connectivity index (χ0v) is 20.0. The highest BCUT2D eigenvalue weighted by molar-refractivity contribution is 7.99. The van der Waals surface area contributed by atoms with E-state index in [4.69, 9.17) is 4.74 Å². The number of thioether (sulfide) groups is 1. The van der Waals surface area contributed by atoms with Gasteiger partial charge in [0, 0.05) is 23.6 Å². The van der Waals surface area contributed by atoms with Crippen LogP contribution in [0.3, 0.4) is 0 Å². The lowest BCUT2D eigenvalue weighted by Crippen LogP contribution is -2.15. The maximum Gasteiger partial charge on any atom is 0.338 e. The molecule has 0 saturated heterocycles. The number of nitrogens with zero attached hydrogens (tertiary/aromatic N) is 5. The van der Waals surface area contributed by atoms with E-state index in [-0.39, 0.29) is 18.3 Å². The summed E-state index contributed by atoms with van der Waals surface area (Å²) in [5.41, 5.74) is 5.45. The van der Waals surface area contributed by atoms with Crippen molar-refractivity contribution in [2.24, 2.45) is 0 Å². The average molecular weight is 487 g/mol. The highest BCUT2D eigenvalue weighted by Crippen LogP contribution is 2.24. The Hall–Kier alpha value is -4.18. The van der Waals surface area contributed by atoms with Gasteiger partial charge in [-0.15, -0.1) is 10.2 Å². The molecule has 0 aliphatic heterocycles. The number of amides is 1. The van der Waals surface area contributed by atoms with Crippen LogP contribution < -0.4 is 5.32 Å². The average Bonchev–Trinajstić information content (AvgIpc) is 3.47. The first-order valence-electron chi connectivity index (χ1n) is 11.0. The molecular formula is C25H22N6O3S. The first-order chi connectivity index (χ1) is 17.0. The number of carbonyl (C=O) groups is 2. The maximum atomic E-state index is 12.5. The molecule has 5 aromatic rings. The smallest absolute Gasteiger partial charge is 0.338 e. The fourth-order valence-electron chi connectivity index (χ4n) is 3.62. The van der Waals surface area contributed by atoms with Gasteiger partial charge in [0.25, 0.3) is 0 Å². The van der Waals surface area contributed by atoms with Gasteiger partial charge in [0.05, 0.1) is 23.6 Å². The van der Waals surface area contributed by atoms with Crippen LogP contribution in [-0.4, -0.2) is 48.4 Å². The fourth-order valence-corrected chi connectivity index (χ4v) is 4.34. The van der Waals surface area contributed by atoms with Crippen LogP contribution in [0.4, 0.5) is 5.69 Å². The summed E-state index contributed by atoms with van der Waals surface area (Å²) >= 11 is 1.27. The molecule has 5 rings (SSSR count). The number of aryl methyl sites for hydroxylation is 1. The van der Waals surface area contributed by atoms with Gasteiger partial charge in [-0.1, -0.05) is 47.7 Å². The van der Waals surface area contributed by atoms with Crippen molar-refractivity contribution in [1.29, 1.82) is 0 Å². The minimum absolute atomic E-state index is 0.128. The van der Waals surface area contributed by atoms with Gasteiger partial charge in [-0.3, -0.25) is 9.20 Å². The Labute approximate surface area is 205 Å². The van der Waals surface area contributed by atoms with E-state index in [1.807, 2.05) is 41.9 Å². The molecular weight excluding hydrogens is 464 g/mol. The van der Waals surface area contributed by atoms with Gasteiger partial charge >= 0.3 is 5.97 Å². The third-order valence-electron chi connectivity index (χ3n) is 5.32. The molecule has 0 fully saturated rings. The van der Waals surface area contributed by atoms with Gasteiger partial charge in [0.1, 0.15) is 5.52 Å². The third-order valence-corrected chi connectivity index (χ3v) is 6.27. The molecule has 0 atom stereocenters.